The van der Waals surface area contributed by atoms with Crippen LogP contribution in [0.25, 0.3) is 5.65 Å². The predicted molar refractivity (Wildman–Crippen MR) is 84.5 cm³/mol. The van der Waals surface area contributed by atoms with E-state index in [2.05, 4.69) is 17.2 Å². The molecule has 2 aromatic heterocycles. The smallest absolute Gasteiger partial charge is 0.137 e. The number of hydrogen-bond donors (Lipinski definition) is 2. The summed E-state index contributed by atoms with van der Waals surface area (Å²) in [5.41, 5.74) is 1.31. The monoisotopic (exact) mass is 307 g/mol. The van der Waals surface area contributed by atoms with Crippen LogP contribution in [0.1, 0.15) is 38.3 Å². The maximum Gasteiger partial charge on any atom is 0.137 e. The van der Waals surface area contributed by atoms with E-state index in [1.54, 1.807) is 0 Å². The molecule has 3 rings (SSSR count). The van der Waals surface area contributed by atoms with Gasteiger partial charge >= 0.3 is 0 Å². The standard InChI is InChI=1S/C16H22ClN3O/c1-12-4-6-16(21,7-5-12)11-18-8-14-10-20-9-13(17)2-3-15(20)19-14/h2-3,9-10,12,18,21H,4-8,11H2,1H3. The van der Waals surface area contributed by atoms with Crippen molar-refractivity contribution in [3.05, 3.63) is 35.2 Å². The Morgan fingerprint density at radius 2 is 2.14 bits per heavy atom. The first-order valence-electron chi connectivity index (χ1n) is 7.60. The second kappa shape index (κ2) is 5.95. The largest absolute Gasteiger partial charge is 0.389 e. The van der Waals surface area contributed by atoms with Crippen molar-refractivity contribution in [2.24, 2.45) is 5.92 Å². The van der Waals surface area contributed by atoms with E-state index in [1.807, 2.05) is 28.9 Å². The third-order valence-electron chi connectivity index (χ3n) is 4.43. The fourth-order valence-electron chi connectivity index (χ4n) is 3.00. The average molecular weight is 308 g/mol. The number of rotatable bonds is 4. The summed E-state index contributed by atoms with van der Waals surface area (Å²) in [6, 6.07) is 3.74. The average Bonchev–Trinajstić information content (AvgIpc) is 2.84. The highest BCUT2D eigenvalue weighted by atomic mass is 35.5. The van der Waals surface area contributed by atoms with Gasteiger partial charge in [-0.2, -0.15) is 0 Å². The Labute approximate surface area is 130 Å². The molecule has 0 atom stereocenters. The molecule has 5 heteroatoms. The minimum atomic E-state index is -0.547. The SMILES string of the molecule is CC1CCC(O)(CNCc2cn3cc(Cl)ccc3n2)CC1. The number of pyridine rings is 1. The van der Waals surface area contributed by atoms with Crippen LogP contribution in [0.15, 0.2) is 24.5 Å². The maximum atomic E-state index is 10.5. The van der Waals surface area contributed by atoms with Gasteiger partial charge in [0.15, 0.2) is 0 Å². The zero-order valence-electron chi connectivity index (χ0n) is 12.3. The van der Waals surface area contributed by atoms with E-state index < -0.39 is 5.60 Å². The number of halogens is 1. The summed E-state index contributed by atoms with van der Waals surface area (Å²) in [6.07, 6.45) is 7.84. The van der Waals surface area contributed by atoms with Crippen molar-refractivity contribution in [3.8, 4) is 0 Å². The van der Waals surface area contributed by atoms with Gasteiger partial charge in [0.25, 0.3) is 0 Å². The van der Waals surface area contributed by atoms with Crippen molar-refractivity contribution in [1.82, 2.24) is 14.7 Å². The minimum absolute atomic E-state index is 0.547. The summed E-state index contributed by atoms with van der Waals surface area (Å²) < 4.78 is 1.93. The molecule has 0 radical (unpaired) electrons. The second-order valence-electron chi connectivity index (χ2n) is 6.36. The van der Waals surface area contributed by atoms with Crippen LogP contribution < -0.4 is 5.32 Å². The zero-order chi connectivity index (χ0) is 14.9. The van der Waals surface area contributed by atoms with E-state index >= 15 is 0 Å². The van der Waals surface area contributed by atoms with Gasteiger partial charge in [0.05, 0.1) is 16.3 Å². The van der Waals surface area contributed by atoms with Crippen LogP contribution in [0, 0.1) is 5.92 Å². The Kier molecular flexibility index (Phi) is 4.20. The molecular weight excluding hydrogens is 286 g/mol. The van der Waals surface area contributed by atoms with Crippen molar-refractivity contribution in [2.45, 2.75) is 44.8 Å². The molecule has 0 amide bonds. The lowest BCUT2D eigenvalue weighted by Gasteiger charge is -2.35. The molecule has 2 aromatic rings. The first kappa shape index (κ1) is 14.8. The van der Waals surface area contributed by atoms with Gasteiger partial charge in [-0.1, -0.05) is 18.5 Å². The molecule has 1 aliphatic rings. The van der Waals surface area contributed by atoms with Crippen LogP contribution in [-0.4, -0.2) is 26.6 Å². The van der Waals surface area contributed by atoms with Crippen molar-refractivity contribution in [3.63, 3.8) is 0 Å². The number of fused-ring (bicyclic) bond motifs is 1. The topological polar surface area (TPSA) is 49.6 Å². The van der Waals surface area contributed by atoms with Gasteiger partial charge in [0, 0.05) is 25.5 Å². The molecule has 1 fully saturated rings. The Hall–Kier alpha value is -1.10. The Bertz CT molecular complexity index is 617. The molecule has 4 nitrogen and oxygen atoms in total. The second-order valence-corrected chi connectivity index (χ2v) is 6.79. The molecule has 0 bridgehead atoms. The van der Waals surface area contributed by atoms with Crippen LogP contribution in [0.5, 0.6) is 0 Å². The minimum Gasteiger partial charge on any atom is -0.389 e. The Balaban J connectivity index is 1.56. The van der Waals surface area contributed by atoms with Crippen molar-refractivity contribution >= 4 is 17.2 Å². The molecule has 0 aromatic carbocycles. The summed E-state index contributed by atoms with van der Waals surface area (Å²) in [7, 11) is 0. The van der Waals surface area contributed by atoms with Gasteiger partial charge in [-0.3, -0.25) is 0 Å². The summed E-state index contributed by atoms with van der Waals surface area (Å²) in [5, 5.41) is 14.6. The molecule has 2 N–H and O–H groups in total. The molecule has 21 heavy (non-hydrogen) atoms. The van der Waals surface area contributed by atoms with Gasteiger partial charge in [0.1, 0.15) is 5.65 Å². The molecular formula is C16H22ClN3O. The molecule has 0 saturated heterocycles. The fourth-order valence-corrected chi connectivity index (χ4v) is 3.17. The number of aliphatic hydroxyl groups is 1. The number of nitrogens with one attached hydrogen (secondary N) is 1. The molecule has 1 aliphatic carbocycles. The van der Waals surface area contributed by atoms with Crippen molar-refractivity contribution in [2.75, 3.05) is 6.54 Å². The van der Waals surface area contributed by atoms with E-state index in [-0.39, 0.29) is 0 Å². The van der Waals surface area contributed by atoms with E-state index in [0.717, 1.165) is 42.9 Å². The van der Waals surface area contributed by atoms with E-state index in [4.69, 9.17) is 11.6 Å². The first-order chi connectivity index (χ1) is 10.0. The summed E-state index contributed by atoms with van der Waals surface area (Å²) >= 11 is 5.97. The molecule has 0 unspecified atom stereocenters. The zero-order valence-corrected chi connectivity index (χ0v) is 13.1. The quantitative estimate of drug-likeness (QED) is 0.913. The number of aromatic nitrogens is 2. The van der Waals surface area contributed by atoms with Crippen LogP contribution >= 0.6 is 11.6 Å². The predicted octanol–water partition coefficient (Wildman–Crippen LogP) is 3.02. The highest BCUT2D eigenvalue weighted by Gasteiger charge is 2.31. The summed E-state index contributed by atoms with van der Waals surface area (Å²) in [5.74, 6) is 0.744. The van der Waals surface area contributed by atoms with Crippen LogP contribution in [0.2, 0.25) is 5.02 Å². The van der Waals surface area contributed by atoms with Crippen molar-refractivity contribution < 1.29 is 5.11 Å². The molecule has 1 saturated carbocycles. The van der Waals surface area contributed by atoms with Crippen molar-refractivity contribution in [1.29, 1.82) is 0 Å². The fraction of sp³-hybridized carbons (Fsp3) is 0.562. The third kappa shape index (κ3) is 3.57. The lowest BCUT2D eigenvalue weighted by atomic mass is 9.79. The molecule has 0 spiro atoms. The Morgan fingerprint density at radius 3 is 2.90 bits per heavy atom. The van der Waals surface area contributed by atoms with E-state index in [0.29, 0.717) is 18.1 Å². The highest BCUT2D eigenvalue weighted by molar-refractivity contribution is 6.30. The maximum absolute atomic E-state index is 10.5. The molecule has 0 aliphatic heterocycles. The lowest BCUT2D eigenvalue weighted by Crippen LogP contribution is -2.43. The van der Waals surface area contributed by atoms with Gasteiger partial charge in [-0.15, -0.1) is 0 Å². The lowest BCUT2D eigenvalue weighted by molar-refractivity contribution is -0.00634. The number of imidazole rings is 1. The van der Waals surface area contributed by atoms with Crippen LogP contribution in [0.3, 0.4) is 0 Å². The van der Waals surface area contributed by atoms with E-state index in [9.17, 15) is 5.11 Å². The highest BCUT2D eigenvalue weighted by Crippen LogP contribution is 2.31. The van der Waals surface area contributed by atoms with Gasteiger partial charge in [0.2, 0.25) is 0 Å². The van der Waals surface area contributed by atoms with Gasteiger partial charge < -0.3 is 14.8 Å². The normalized spacial score (nSPS) is 26.3. The third-order valence-corrected chi connectivity index (χ3v) is 4.65. The van der Waals surface area contributed by atoms with Gasteiger partial charge in [-0.25, -0.2) is 4.98 Å². The molecule has 114 valence electrons. The van der Waals surface area contributed by atoms with Crippen LogP contribution in [0.4, 0.5) is 0 Å². The van der Waals surface area contributed by atoms with Crippen LogP contribution in [-0.2, 0) is 6.54 Å². The van der Waals surface area contributed by atoms with E-state index in [1.165, 1.54) is 0 Å². The summed E-state index contributed by atoms with van der Waals surface area (Å²) in [4.78, 5) is 4.53. The first-order valence-corrected chi connectivity index (χ1v) is 7.98. The van der Waals surface area contributed by atoms with Gasteiger partial charge in [-0.05, 0) is 43.7 Å². The number of nitrogens with zero attached hydrogens (tertiary/aromatic N) is 2. The summed E-state index contributed by atoms with van der Waals surface area (Å²) in [6.45, 7) is 3.56. The molecule has 2 heterocycles. The Morgan fingerprint density at radius 1 is 1.38 bits per heavy atom. The number of hydrogen-bond acceptors (Lipinski definition) is 3.